The second-order valence-corrected chi connectivity index (χ2v) is 8.59. The Morgan fingerprint density at radius 1 is 1.19 bits per heavy atom. The van der Waals surface area contributed by atoms with E-state index in [0.717, 1.165) is 33.0 Å². The average molecular weight is 456 g/mol. The minimum atomic E-state index is -0.491. The van der Waals surface area contributed by atoms with Gasteiger partial charge in [-0.3, -0.25) is 18.7 Å². The zero-order valence-corrected chi connectivity index (χ0v) is 18.4. The lowest BCUT2D eigenvalue weighted by atomic mass is 10.3. The van der Waals surface area contributed by atoms with E-state index in [1.807, 2.05) is 12.1 Å². The summed E-state index contributed by atoms with van der Waals surface area (Å²) in [7, 11) is 2.94. The first-order valence-electron chi connectivity index (χ1n) is 10.1. The summed E-state index contributed by atoms with van der Waals surface area (Å²) in [5, 5.41) is 3.81. The molecule has 11 nitrogen and oxygen atoms in total. The number of nitrogens with one attached hydrogen (secondary N) is 1. The Balaban J connectivity index is 1.37. The second-order valence-electron chi connectivity index (χ2n) is 7.58. The molecular weight excluding hydrogens is 434 g/mol. The molecule has 1 aliphatic rings. The van der Waals surface area contributed by atoms with E-state index in [4.69, 9.17) is 4.74 Å². The van der Waals surface area contributed by atoms with Crippen LogP contribution >= 0.6 is 11.3 Å². The lowest BCUT2D eigenvalue weighted by Crippen LogP contribution is -2.37. The van der Waals surface area contributed by atoms with Gasteiger partial charge in [-0.2, -0.15) is 0 Å². The molecule has 0 unspecified atom stereocenters. The minimum absolute atomic E-state index is 0.107. The van der Waals surface area contributed by atoms with Gasteiger partial charge in [-0.15, -0.1) is 0 Å². The highest BCUT2D eigenvalue weighted by molar-refractivity contribution is 7.22. The van der Waals surface area contributed by atoms with Gasteiger partial charge in [0.05, 0.1) is 29.8 Å². The molecule has 166 valence electrons. The maximum atomic E-state index is 12.7. The number of amides is 1. The first kappa shape index (κ1) is 20.4. The number of rotatable bonds is 4. The number of carbonyl (C=O) groups is 1. The minimum Gasteiger partial charge on any atom is -0.378 e. The third-order valence-electron chi connectivity index (χ3n) is 5.47. The van der Waals surface area contributed by atoms with Crippen molar-refractivity contribution in [2.24, 2.45) is 14.1 Å². The summed E-state index contributed by atoms with van der Waals surface area (Å²) >= 11 is 1.58. The van der Waals surface area contributed by atoms with E-state index in [2.05, 4.69) is 20.2 Å². The normalized spacial score (nSPS) is 14.4. The summed E-state index contributed by atoms with van der Waals surface area (Å²) in [4.78, 5) is 48.3. The molecule has 1 N–H and O–H groups in total. The van der Waals surface area contributed by atoms with E-state index in [-0.39, 0.29) is 23.6 Å². The predicted molar refractivity (Wildman–Crippen MR) is 121 cm³/mol. The Labute approximate surface area is 185 Å². The molecule has 32 heavy (non-hydrogen) atoms. The van der Waals surface area contributed by atoms with Crippen molar-refractivity contribution in [2.75, 3.05) is 36.5 Å². The van der Waals surface area contributed by atoms with Crippen molar-refractivity contribution in [3.8, 4) is 0 Å². The van der Waals surface area contributed by atoms with Gasteiger partial charge in [0.2, 0.25) is 5.91 Å². The van der Waals surface area contributed by atoms with Gasteiger partial charge in [0.25, 0.3) is 5.56 Å². The molecule has 3 aromatic heterocycles. The van der Waals surface area contributed by atoms with E-state index in [0.29, 0.717) is 18.9 Å². The van der Waals surface area contributed by atoms with Crippen molar-refractivity contribution in [2.45, 2.75) is 6.54 Å². The number of thiazole rings is 1. The zero-order valence-electron chi connectivity index (χ0n) is 17.6. The van der Waals surface area contributed by atoms with Crippen molar-refractivity contribution >= 4 is 49.4 Å². The Hall–Kier alpha value is -3.51. The summed E-state index contributed by atoms with van der Waals surface area (Å²) < 4.78 is 10.1. The molecule has 0 radical (unpaired) electrons. The van der Waals surface area contributed by atoms with Crippen molar-refractivity contribution in [3.63, 3.8) is 0 Å². The third-order valence-corrected chi connectivity index (χ3v) is 6.55. The number of ether oxygens (including phenoxy) is 1. The molecule has 1 saturated heterocycles. The molecule has 0 saturated carbocycles. The van der Waals surface area contributed by atoms with Gasteiger partial charge in [0.1, 0.15) is 6.54 Å². The molecule has 12 heteroatoms. The Morgan fingerprint density at radius 3 is 2.75 bits per heavy atom. The molecule has 0 spiro atoms. The van der Waals surface area contributed by atoms with Gasteiger partial charge >= 0.3 is 5.69 Å². The number of benzene rings is 1. The Kier molecular flexibility index (Phi) is 5.02. The molecular formula is C20H21N7O4S. The smallest absolute Gasteiger partial charge is 0.332 e. The fraction of sp³-hybridized carbons (Fsp3) is 0.350. The van der Waals surface area contributed by atoms with Crippen LogP contribution in [0.3, 0.4) is 0 Å². The lowest BCUT2D eigenvalue weighted by Gasteiger charge is -2.25. The quantitative estimate of drug-likeness (QED) is 0.477. The van der Waals surface area contributed by atoms with Gasteiger partial charge in [0.15, 0.2) is 16.3 Å². The molecule has 1 fully saturated rings. The van der Waals surface area contributed by atoms with Crippen LogP contribution in [0.4, 0.5) is 10.8 Å². The number of hydrogen-bond donors (Lipinski definition) is 1. The summed E-state index contributed by atoms with van der Waals surface area (Å²) in [6.45, 7) is 2.90. The molecule has 4 heterocycles. The summed E-state index contributed by atoms with van der Waals surface area (Å²) in [5.41, 5.74) is 1.01. The van der Waals surface area contributed by atoms with E-state index in [1.54, 1.807) is 17.4 Å². The molecule has 4 aromatic rings. The summed E-state index contributed by atoms with van der Waals surface area (Å²) in [6, 6.07) is 5.57. The van der Waals surface area contributed by atoms with Gasteiger partial charge in [-0.05, 0) is 18.2 Å². The highest BCUT2D eigenvalue weighted by Gasteiger charge is 2.17. The van der Waals surface area contributed by atoms with Crippen molar-refractivity contribution < 1.29 is 9.53 Å². The van der Waals surface area contributed by atoms with Crippen molar-refractivity contribution in [1.82, 2.24) is 23.7 Å². The molecule has 5 rings (SSSR count). The van der Waals surface area contributed by atoms with Gasteiger partial charge in [-0.25, -0.2) is 14.8 Å². The van der Waals surface area contributed by atoms with Crippen LogP contribution in [-0.2, 0) is 30.2 Å². The van der Waals surface area contributed by atoms with Crippen LogP contribution in [0.2, 0.25) is 0 Å². The second kappa shape index (κ2) is 7.88. The standard InChI is InChI=1S/C20H21N7O4S/c1-24-17-16(18(29)25(2)20(24)30)27(11-21-17)10-15(28)22-12-3-4-13-14(9-12)32-19(23-13)26-5-7-31-8-6-26/h3-4,9,11H,5-8,10H2,1-2H3,(H,22,28). The largest absolute Gasteiger partial charge is 0.378 e. The molecule has 0 bridgehead atoms. The van der Waals surface area contributed by atoms with Gasteiger partial charge in [-0.1, -0.05) is 11.3 Å². The molecule has 0 atom stereocenters. The van der Waals surface area contributed by atoms with Crippen molar-refractivity contribution in [3.05, 3.63) is 45.4 Å². The number of imidazole rings is 1. The van der Waals surface area contributed by atoms with Crippen molar-refractivity contribution in [1.29, 1.82) is 0 Å². The Morgan fingerprint density at radius 2 is 1.97 bits per heavy atom. The van der Waals surface area contributed by atoms with Crippen LogP contribution in [-0.4, -0.2) is 55.9 Å². The summed E-state index contributed by atoms with van der Waals surface area (Å²) in [5.74, 6) is -0.308. The van der Waals surface area contributed by atoms with Crippen LogP contribution in [0.1, 0.15) is 0 Å². The number of carbonyl (C=O) groups excluding carboxylic acids is 1. The lowest BCUT2D eigenvalue weighted by molar-refractivity contribution is -0.116. The predicted octanol–water partition coefficient (Wildman–Crippen LogP) is 0.519. The van der Waals surface area contributed by atoms with Gasteiger partial charge in [0, 0.05) is 32.9 Å². The highest BCUT2D eigenvalue weighted by atomic mass is 32.1. The third kappa shape index (κ3) is 3.46. The monoisotopic (exact) mass is 455 g/mol. The average Bonchev–Trinajstić information content (AvgIpc) is 3.41. The first-order chi connectivity index (χ1) is 15.4. The number of morpholine rings is 1. The van der Waals surface area contributed by atoms with Crippen LogP contribution in [0.15, 0.2) is 34.1 Å². The summed E-state index contributed by atoms with van der Waals surface area (Å²) in [6.07, 6.45) is 1.39. The number of fused-ring (bicyclic) bond motifs is 2. The maximum Gasteiger partial charge on any atom is 0.332 e. The number of hydrogen-bond acceptors (Lipinski definition) is 8. The molecule has 1 aliphatic heterocycles. The van der Waals surface area contributed by atoms with E-state index >= 15 is 0 Å². The van der Waals surface area contributed by atoms with Crippen LogP contribution in [0, 0.1) is 0 Å². The SMILES string of the molecule is Cn1c(=O)c2c(ncn2CC(=O)Nc2ccc3nc(N4CCOCC4)sc3c2)n(C)c1=O. The van der Waals surface area contributed by atoms with Crippen LogP contribution in [0.25, 0.3) is 21.4 Å². The van der Waals surface area contributed by atoms with Crippen LogP contribution in [0.5, 0.6) is 0 Å². The first-order valence-corrected chi connectivity index (χ1v) is 10.9. The zero-order chi connectivity index (χ0) is 22.4. The van der Waals surface area contributed by atoms with Crippen LogP contribution < -0.4 is 21.5 Å². The fourth-order valence-electron chi connectivity index (χ4n) is 3.75. The van der Waals surface area contributed by atoms with E-state index in [9.17, 15) is 14.4 Å². The van der Waals surface area contributed by atoms with E-state index in [1.165, 1.54) is 29.6 Å². The van der Waals surface area contributed by atoms with E-state index < -0.39 is 11.2 Å². The van der Waals surface area contributed by atoms with Gasteiger partial charge < -0.3 is 19.5 Å². The number of nitrogens with zero attached hydrogens (tertiary/aromatic N) is 6. The molecule has 0 aliphatic carbocycles. The number of aryl methyl sites for hydroxylation is 1. The molecule has 1 amide bonds. The topological polar surface area (TPSA) is 116 Å². The fourth-order valence-corrected chi connectivity index (χ4v) is 4.81. The number of anilines is 2. The molecule has 1 aromatic carbocycles. The Bertz CT molecular complexity index is 1460. The number of aromatic nitrogens is 5. The highest BCUT2D eigenvalue weighted by Crippen LogP contribution is 2.31. The maximum absolute atomic E-state index is 12.7.